The summed E-state index contributed by atoms with van der Waals surface area (Å²) < 4.78 is 1.84. The summed E-state index contributed by atoms with van der Waals surface area (Å²) in [5, 5.41) is 5.77. The standard InChI is InChI=1S/C21H28N4O3S2/c1-3-22-20(28)23-17(26)12(2)29-21-24-18-16(14-10-6-7-11-15(14)30-18)19(27)25(21)13-8-4-5-9-13/h12-13H,3-11H2,1-2H3,(H2,22,23,26,28)/t12-/m0/s1. The van der Waals surface area contributed by atoms with Crippen LogP contribution < -0.4 is 16.2 Å². The van der Waals surface area contributed by atoms with Gasteiger partial charge in [-0.1, -0.05) is 24.6 Å². The molecule has 0 bridgehead atoms. The zero-order valence-corrected chi connectivity index (χ0v) is 19.1. The van der Waals surface area contributed by atoms with E-state index in [9.17, 15) is 14.4 Å². The number of amides is 3. The van der Waals surface area contributed by atoms with Gasteiger partial charge in [0.1, 0.15) is 4.83 Å². The number of thioether (sulfide) groups is 1. The van der Waals surface area contributed by atoms with E-state index in [0.29, 0.717) is 11.7 Å². The van der Waals surface area contributed by atoms with Crippen molar-refractivity contribution in [3.63, 3.8) is 0 Å². The largest absolute Gasteiger partial charge is 0.338 e. The molecule has 30 heavy (non-hydrogen) atoms. The fraction of sp³-hybridized carbons (Fsp3) is 0.619. The van der Waals surface area contributed by atoms with Crippen molar-refractivity contribution >= 4 is 45.3 Å². The number of aromatic nitrogens is 2. The Morgan fingerprint density at radius 3 is 2.70 bits per heavy atom. The second-order valence-corrected chi connectivity index (χ2v) is 10.4. The molecule has 2 aliphatic rings. The molecule has 0 radical (unpaired) electrons. The number of nitrogens with one attached hydrogen (secondary N) is 2. The minimum atomic E-state index is -0.542. The van der Waals surface area contributed by atoms with Crippen LogP contribution in [0.25, 0.3) is 10.2 Å². The Labute approximate surface area is 184 Å². The number of urea groups is 1. The first kappa shape index (κ1) is 21.4. The molecule has 0 aliphatic heterocycles. The van der Waals surface area contributed by atoms with Crippen LogP contribution >= 0.6 is 23.1 Å². The van der Waals surface area contributed by atoms with Crippen molar-refractivity contribution in [3.8, 4) is 0 Å². The van der Waals surface area contributed by atoms with E-state index in [2.05, 4.69) is 10.6 Å². The van der Waals surface area contributed by atoms with E-state index in [0.717, 1.165) is 61.6 Å². The van der Waals surface area contributed by atoms with E-state index < -0.39 is 11.3 Å². The third kappa shape index (κ3) is 4.14. The molecule has 3 amide bonds. The lowest BCUT2D eigenvalue weighted by molar-refractivity contribution is -0.119. The molecule has 0 spiro atoms. The molecule has 1 saturated carbocycles. The normalized spacial score (nSPS) is 17.7. The van der Waals surface area contributed by atoms with Gasteiger partial charge in [0, 0.05) is 17.5 Å². The SMILES string of the molecule is CCNC(=O)NC(=O)[C@H](C)Sc1nc2sc3c(c2c(=O)n1C1CCCC1)CCCC3. The van der Waals surface area contributed by atoms with Crippen molar-refractivity contribution < 1.29 is 9.59 Å². The van der Waals surface area contributed by atoms with Crippen LogP contribution in [0.2, 0.25) is 0 Å². The third-order valence-electron chi connectivity index (χ3n) is 5.90. The Hall–Kier alpha value is -1.87. The van der Waals surface area contributed by atoms with E-state index in [1.807, 2.05) is 4.57 Å². The maximum atomic E-state index is 13.6. The summed E-state index contributed by atoms with van der Waals surface area (Å²) in [6, 6.07) is -0.368. The molecule has 162 valence electrons. The van der Waals surface area contributed by atoms with E-state index in [1.54, 1.807) is 25.2 Å². The molecule has 0 aromatic carbocycles. The minimum Gasteiger partial charge on any atom is -0.338 e. The number of rotatable bonds is 5. The van der Waals surface area contributed by atoms with E-state index in [-0.39, 0.29) is 17.5 Å². The lowest BCUT2D eigenvalue weighted by Crippen LogP contribution is -2.42. The third-order valence-corrected chi connectivity index (χ3v) is 8.16. The first-order valence-corrected chi connectivity index (χ1v) is 12.5. The number of carbonyl (C=O) groups is 2. The van der Waals surface area contributed by atoms with Gasteiger partial charge in [0.15, 0.2) is 5.16 Å². The number of hydrogen-bond donors (Lipinski definition) is 2. The van der Waals surface area contributed by atoms with Gasteiger partial charge in [-0.15, -0.1) is 11.3 Å². The molecule has 0 saturated heterocycles. The highest BCUT2D eigenvalue weighted by Gasteiger charge is 2.29. The number of thiophene rings is 1. The smallest absolute Gasteiger partial charge is 0.321 e. The molecule has 0 unspecified atom stereocenters. The second kappa shape index (κ2) is 9.09. The van der Waals surface area contributed by atoms with Crippen LogP contribution in [-0.4, -0.2) is 33.3 Å². The van der Waals surface area contributed by atoms with Crippen LogP contribution in [0.5, 0.6) is 0 Å². The highest BCUT2D eigenvalue weighted by molar-refractivity contribution is 8.00. The summed E-state index contributed by atoms with van der Waals surface area (Å²) >= 11 is 2.90. The van der Waals surface area contributed by atoms with Gasteiger partial charge < -0.3 is 5.32 Å². The predicted molar refractivity (Wildman–Crippen MR) is 121 cm³/mol. The van der Waals surface area contributed by atoms with Gasteiger partial charge in [-0.25, -0.2) is 9.78 Å². The van der Waals surface area contributed by atoms with Crippen LogP contribution in [-0.2, 0) is 17.6 Å². The summed E-state index contributed by atoms with van der Waals surface area (Å²) in [5.74, 6) is -0.385. The van der Waals surface area contributed by atoms with Crippen LogP contribution in [0.4, 0.5) is 4.79 Å². The van der Waals surface area contributed by atoms with Crippen molar-refractivity contribution in [2.45, 2.75) is 81.7 Å². The molecular formula is C21H28N4O3S2. The van der Waals surface area contributed by atoms with E-state index >= 15 is 0 Å². The van der Waals surface area contributed by atoms with Crippen LogP contribution in [0.3, 0.4) is 0 Å². The van der Waals surface area contributed by atoms with Gasteiger partial charge in [-0.05, 0) is 57.9 Å². The fourth-order valence-electron chi connectivity index (χ4n) is 4.40. The molecule has 1 atom stereocenters. The monoisotopic (exact) mass is 448 g/mol. The lowest BCUT2D eigenvalue weighted by Gasteiger charge is -2.20. The molecule has 1 fully saturated rings. The summed E-state index contributed by atoms with van der Waals surface area (Å²) in [5.41, 5.74) is 1.24. The van der Waals surface area contributed by atoms with Gasteiger partial charge >= 0.3 is 6.03 Å². The highest BCUT2D eigenvalue weighted by Crippen LogP contribution is 2.38. The molecule has 4 rings (SSSR count). The van der Waals surface area contributed by atoms with Crippen molar-refractivity contribution in [2.24, 2.45) is 0 Å². The fourth-order valence-corrected chi connectivity index (χ4v) is 6.68. The average molecular weight is 449 g/mol. The summed E-state index contributed by atoms with van der Waals surface area (Å²) in [6.45, 7) is 3.99. The molecule has 2 heterocycles. The number of aryl methyl sites for hydroxylation is 2. The number of hydrogen-bond acceptors (Lipinski definition) is 6. The Kier molecular flexibility index (Phi) is 6.48. The number of imide groups is 1. The molecule has 2 aliphatic carbocycles. The average Bonchev–Trinajstić information content (AvgIpc) is 3.35. The lowest BCUT2D eigenvalue weighted by atomic mass is 9.97. The zero-order valence-electron chi connectivity index (χ0n) is 17.5. The number of nitrogens with zero attached hydrogens (tertiary/aromatic N) is 2. The van der Waals surface area contributed by atoms with Crippen LogP contribution in [0, 0.1) is 0 Å². The van der Waals surface area contributed by atoms with E-state index in [4.69, 9.17) is 4.98 Å². The highest BCUT2D eigenvalue weighted by atomic mass is 32.2. The first-order valence-electron chi connectivity index (χ1n) is 10.8. The van der Waals surface area contributed by atoms with E-state index in [1.165, 1.54) is 22.2 Å². The number of carbonyl (C=O) groups excluding carboxylic acids is 2. The topological polar surface area (TPSA) is 93.1 Å². The van der Waals surface area contributed by atoms with Crippen molar-refractivity contribution in [1.29, 1.82) is 0 Å². The van der Waals surface area contributed by atoms with Crippen molar-refractivity contribution in [2.75, 3.05) is 6.54 Å². The van der Waals surface area contributed by atoms with Crippen LogP contribution in [0.1, 0.15) is 68.9 Å². The van der Waals surface area contributed by atoms with Gasteiger partial charge in [0.05, 0.1) is 10.6 Å². The van der Waals surface area contributed by atoms with Crippen molar-refractivity contribution in [3.05, 3.63) is 20.8 Å². The Morgan fingerprint density at radius 2 is 1.97 bits per heavy atom. The molecule has 9 heteroatoms. The second-order valence-electron chi connectivity index (χ2n) is 8.01. The van der Waals surface area contributed by atoms with Crippen molar-refractivity contribution in [1.82, 2.24) is 20.2 Å². The van der Waals surface area contributed by atoms with Gasteiger partial charge in [0.2, 0.25) is 5.91 Å². The Balaban J connectivity index is 1.71. The zero-order chi connectivity index (χ0) is 21.3. The minimum absolute atomic E-state index is 0.0464. The molecule has 7 nitrogen and oxygen atoms in total. The van der Waals surface area contributed by atoms with Gasteiger partial charge in [-0.2, -0.15) is 0 Å². The molecule has 2 aromatic heterocycles. The maximum absolute atomic E-state index is 13.6. The molecular weight excluding hydrogens is 420 g/mol. The summed E-state index contributed by atoms with van der Waals surface area (Å²) in [6.07, 6.45) is 8.40. The molecule has 2 aromatic rings. The Morgan fingerprint density at radius 1 is 1.23 bits per heavy atom. The predicted octanol–water partition coefficient (Wildman–Crippen LogP) is 3.78. The van der Waals surface area contributed by atoms with Crippen LogP contribution in [0.15, 0.2) is 9.95 Å². The maximum Gasteiger partial charge on any atom is 0.321 e. The van der Waals surface area contributed by atoms with Gasteiger partial charge in [0.25, 0.3) is 5.56 Å². The van der Waals surface area contributed by atoms with Gasteiger partial charge in [-0.3, -0.25) is 19.5 Å². The Bertz CT molecular complexity index is 1020. The summed E-state index contributed by atoms with van der Waals surface area (Å²) in [4.78, 5) is 44.8. The quantitative estimate of drug-likeness (QED) is 0.536. The summed E-state index contributed by atoms with van der Waals surface area (Å²) in [7, 11) is 0. The number of fused-ring (bicyclic) bond motifs is 3. The first-order chi connectivity index (χ1) is 14.5. The molecule has 2 N–H and O–H groups in total.